The van der Waals surface area contributed by atoms with Gasteiger partial charge in [-0.05, 0) is 38.0 Å². The number of phenolic OH excluding ortho intramolecular Hbond substituents is 1. The van der Waals surface area contributed by atoms with Gasteiger partial charge >= 0.3 is 5.97 Å². The second-order valence-corrected chi connectivity index (χ2v) is 4.14. The minimum Gasteiger partial charge on any atom is -0.504 e. The van der Waals surface area contributed by atoms with Gasteiger partial charge in [0.2, 0.25) is 0 Å². The average Bonchev–Trinajstić information content (AvgIpc) is 2.30. The summed E-state index contributed by atoms with van der Waals surface area (Å²) in [7, 11) is 1.43. The van der Waals surface area contributed by atoms with Crippen LogP contribution in [-0.4, -0.2) is 24.3 Å². The maximum atomic E-state index is 11.8. The number of hydrogen-bond acceptors (Lipinski definition) is 4. The number of benzene rings is 1. The number of rotatable bonds is 5. The molecule has 0 saturated heterocycles. The second kappa shape index (κ2) is 6.10. The number of aromatic hydroxyl groups is 1. The molecule has 1 aromatic rings. The van der Waals surface area contributed by atoms with Gasteiger partial charge in [0, 0.05) is 0 Å². The number of hydrogen-bond donors (Lipinski definition) is 1. The first-order chi connectivity index (χ1) is 8.49. The number of carbonyl (C=O) groups is 1. The lowest BCUT2D eigenvalue weighted by molar-refractivity contribution is 0.0374. The SMILES string of the molecule is C=CCc1cc(OC)c(O)c(C(=O)OC(C)C)c1. The van der Waals surface area contributed by atoms with Crippen LogP contribution < -0.4 is 4.74 Å². The first-order valence-corrected chi connectivity index (χ1v) is 5.71. The first kappa shape index (κ1) is 14.1. The summed E-state index contributed by atoms with van der Waals surface area (Å²) in [6, 6.07) is 3.26. The van der Waals surface area contributed by atoms with Crippen LogP contribution in [0.3, 0.4) is 0 Å². The average molecular weight is 250 g/mol. The molecule has 1 rings (SSSR count). The first-order valence-electron chi connectivity index (χ1n) is 5.71. The number of allylic oxidation sites excluding steroid dienone is 1. The molecule has 0 radical (unpaired) electrons. The lowest BCUT2D eigenvalue weighted by Gasteiger charge is -2.12. The molecule has 4 heteroatoms. The maximum Gasteiger partial charge on any atom is 0.342 e. The fraction of sp³-hybridized carbons (Fsp3) is 0.357. The maximum absolute atomic E-state index is 11.8. The molecule has 0 aliphatic heterocycles. The Morgan fingerprint density at radius 2 is 2.17 bits per heavy atom. The fourth-order valence-electron chi connectivity index (χ4n) is 1.54. The zero-order valence-corrected chi connectivity index (χ0v) is 10.9. The van der Waals surface area contributed by atoms with E-state index in [0.717, 1.165) is 5.56 Å². The van der Waals surface area contributed by atoms with Crippen molar-refractivity contribution in [3.63, 3.8) is 0 Å². The standard InChI is InChI=1S/C14H18O4/c1-5-6-10-7-11(14(16)18-9(2)3)13(15)12(8-10)17-4/h5,7-9,15H,1,6H2,2-4H3. The van der Waals surface area contributed by atoms with Crippen molar-refractivity contribution in [2.24, 2.45) is 0 Å². The van der Waals surface area contributed by atoms with E-state index in [1.165, 1.54) is 7.11 Å². The third-order valence-corrected chi connectivity index (χ3v) is 2.30. The van der Waals surface area contributed by atoms with Crippen molar-refractivity contribution in [3.05, 3.63) is 35.9 Å². The van der Waals surface area contributed by atoms with Crippen LogP contribution in [0.1, 0.15) is 29.8 Å². The largest absolute Gasteiger partial charge is 0.504 e. The third kappa shape index (κ3) is 3.26. The predicted octanol–water partition coefficient (Wildman–Crippen LogP) is 2.69. The van der Waals surface area contributed by atoms with Crippen LogP contribution in [-0.2, 0) is 11.2 Å². The number of phenols is 1. The molecule has 0 saturated carbocycles. The van der Waals surface area contributed by atoms with Gasteiger partial charge in [0.05, 0.1) is 13.2 Å². The van der Waals surface area contributed by atoms with E-state index in [0.29, 0.717) is 6.42 Å². The van der Waals surface area contributed by atoms with Crippen LogP contribution in [0.25, 0.3) is 0 Å². The van der Waals surface area contributed by atoms with E-state index in [9.17, 15) is 9.90 Å². The summed E-state index contributed by atoms with van der Waals surface area (Å²) in [5.41, 5.74) is 0.940. The molecular formula is C14H18O4. The lowest BCUT2D eigenvalue weighted by Crippen LogP contribution is -2.12. The van der Waals surface area contributed by atoms with Crippen molar-refractivity contribution >= 4 is 5.97 Å². The highest BCUT2D eigenvalue weighted by Gasteiger charge is 2.18. The zero-order valence-electron chi connectivity index (χ0n) is 10.9. The van der Waals surface area contributed by atoms with Crippen LogP contribution >= 0.6 is 0 Å². The monoisotopic (exact) mass is 250 g/mol. The molecule has 0 aliphatic carbocycles. The molecule has 0 unspecified atom stereocenters. The van der Waals surface area contributed by atoms with Crippen molar-refractivity contribution < 1.29 is 19.4 Å². The summed E-state index contributed by atoms with van der Waals surface area (Å²) >= 11 is 0. The Morgan fingerprint density at radius 3 is 2.67 bits per heavy atom. The highest BCUT2D eigenvalue weighted by Crippen LogP contribution is 2.32. The zero-order chi connectivity index (χ0) is 13.7. The van der Waals surface area contributed by atoms with Gasteiger partial charge in [-0.3, -0.25) is 0 Å². The Hall–Kier alpha value is -1.97. The summed E-state index contributed by atoms with van der Waals surface area (Å²) in [5, 5.41) is 9.91. The van der Waals surface area contributed by atoms with Crippen LogP contribution in [0.5, 0.6) is 11.5 Å². The molecule has 4 nitrogen and oxygen atoms in total. The smallest absolute Gasteiger partial charge is 0.342 e. The van der Waals surface area contributed by atoms with Crippen molar-refractivity contribution in [2.45, 2.75) is 26.4 Å². The Morgan fingerprint density at radius 1 is 1.50 bits per heavy atom. The second-order valence-electron chi connectivity index (χ2n) is 4.14. The third-order valence-electron chi connectivity index (χ3n) is 2.30. The summed E-state index contributed by atoms with van der Waals surface area (Å²) < 4.78 is 10.1. The van der Waals surface area contributed by atoms with Gasteiger partial charge in [-0.25, -0.2) is 4.79 Å². The van der Waals surface area contributed by atoms with E-state index in [2.05, 4.69) is 6.58 Å². The normalized spacial score (nSPS) is 10.2. The topological polar surface area (TPSA) is 55.8 Å². The summed E-state index contributed by atoms with van der Waals surface area (Å²) in [6.45, 7) is 7.14. The molecule has 0 fully saturated rings. The molecule has 98 valence electrons. The molecule has 1 aromatic carbocycles. The van der Waals surface area contributed by atoms with E-state index in [-0.39, 0.29) is 23.2 Å². The Bertz CT molecular complexity index is 449. The molecule has 0 heterocycles. The number of methoxy groups -OCH3 is 1. The van der Waals surface area contributed by atoms with Crippen LogP contribution in [0.2, 0.25) is 0 Å². The van der Waals surface area contributed by atoms with Crippen molar-refractivity contribution in [3.8, 4) is 11.5 Å². The summed E-state index contributed by atoms with van der Waals surface area (Å²) in [4.78, 5) is 11.8. The fourth-order valence-corrected chi connectivity index (χ4v) is 1.54. The van der Waals surface area contributed by atoms with Gasteiger partial charge in [-0.2, -0.15) is 0 Å². The van der Waals surface area contributed by atoms with E-state index in [1.807, 2.05) is 0 Å². The quantitative estimate of drug-likeness (QED) is 0.645. The molecule has 0 aliphatic rings. The van der Waals surface area contributed by atoms with Gasteiger partial charge in [0.25, 0.3) is 0 Å². The minimum atomic E-state index is -0.563. The number of ether oxygens (including phenoxy) is 2. The Kier molecular flexibility index (Phi) is 4.77. The molecule has 0 aromatic heterocycles. The van der Waals surface area contributed by atoms with E-state index in [4.69, 9.17) is 9.47 Å². The van der Waals surface area contributed by atoms with Gasteiger partial charge < -0.3 is 14.6 Å². The van der Waals surface area contributed by atoms with E-state index < -0.39 is 5.97 Å². The lowest BCUT2D eigenvalue weighted by atomic mass is 10.1. The molecule has 0 bridgehead atoms. The van der Waals surface area contributed by atoms with Crippen LogP contribution in [0.4, 0.5) is 0 Å². The van der Waals surface area contributed by atoms with Crippen molar-refractivity contribution in [1.82, 2.24) is 0 Å². The van der Waals surface area contributed by atoms with Crippen LogP contribution in [0, 0.1) is 0 Å². The Balaban J connectivity index is 3.19. The Labute approximate surface area is 107 Å². The van der Waals surface area contributed by atoms with Gasteiger partial charge in [-0.15, -0.1) is 6.58 Å². The minimum absolute atomic E-state index is 0.111. The molecule has 18 heavy (non-hydrogen) atoms. The highest BCUT2D eigenvalue weighted by atomic mass is 16.5. The predicted molar refractivity (Wildman–Crippen MR) is 69.1 cm³/mol. The van der Waals surface area contributed by atoms with Gasteiger partial charge in [0.15, 0.2) is 11.5 Å². The van der Waals surface area contributed by atoms with Gasteiger partial charge in [-0.1, -0.05) is 6.08 Å². The van der Waals surface area contributed by atoms with Crippen molar-refractivity contribution in [2.75, 3.05) is 7.11 Å². The van der Waals surface area contributed by atoms with Gasteiger partial charge in [0.1, 0.15) is 5.56 Å². The van der Waals surface area contributed by atoms with Crippen LogP contribution in [0.15, 0.2) is 24.8 Å². The molecule has 0 amide bonds. The molecule has 0 atom stereocenters. The van der Waals surface area contributed by atoms with E-state index in [1.54, 1.807) is 32.1 Å². The highest BCUT2D eigenvalue weighted by molar-refractivity contribution is 5.93. The van der Waals surface area contributed by atoms with Crippen molar-refractivity contribution in [1.29, 1.82) is 0 Å². The molecule has 1 N–H and O–H groups in total. The molecule has 0 spiro atoms. The number of esters is 1. The summed E-state index contributed by atoms with van der Waals surface area (Å²) in [6.07, 6.45) is 2.05. The van der Waals surface area contributed by atoms with E-state index >= 15 is 0 Å². The number of carbonyl (C=O) groups excluding carboxylic acids is 1. The summed E-state index contributed by atoms with van der Waals surface area (Å²) in [5.74, 6) is -0.507. The molecular weight excluding hydrogens is 232 g/mol.